The minimum Gasteiger partial charge on any atom is -0.464 e. The highest BCUT2D eigenvalue weighted by atomic mass is 16.6. The predicted molar refractivity (Wildman–Crippen MR) is 114 cm³/mol. The fraction of sp³-hybridized carbons (Fsp3) is 0.667. The summed E-state index contributed by atoms with van der Waals surface area (Å²) >= 11 is 0. The van der Waals surface area contributed by atoms with Gasteiger partial charge in [-0.05, 0) is 27.7 Å². The minimum absolute atomic E-state index is 0. The maximum absolute atomic E-state index is 12.8. The van der Waals surface area contributed by atoms with Crippen LogP contribution in [0.5, 0.6) is 0 Å². The molecule has 0 saturated heterocycles. The van der Waals surface area contributed by atoms with Crippen molar-refractivity contribution >= 4 is 29.8 Å². The van der Waals surface area contributed by atoms with Crippen molar-refractivity contribution in [3.8, 4) is 0 Å². The molecule has 3 amide bonds. The molecule has 0 aromatic carbocycles. The number of esters is 2. The number of carbonyl (C=O) groups excluding carboxylic acids is 5. The minimum atomic E-state index is -1.64. The van der Waals surface area contributed by atoms with Crippen molar-refractivity contribution in [2.75, 3.05) is 19.7 Å². The van der Waals surface area contributed by atoms with Crippen molar-refractivity contribution in [3.63, 3.8) is 0 Å². The monoisotopic (exact) mass is 471 g/mol. The van der Waals surface area contributed by atoms with Crippen molar-refractivity contribution in [3.05, 3.63) is 12.8 Å². The lowest BCUT2D eigenvalue weighted by Gasteiger charge is -2.31. The van der Waals surface area contributed by atoms with Gasteiger partial charge >= 0.3 is 18.0 Å². The Morgan fingerprint density at radius 3 is 2.36 bits per heavy atom. The first-order chi connectivity index (χ1) is 15.4. The van der Waals surface area contributed by atoms with Gasteiger partial charge in [-0.3, -0.25) is 14.4 Å². The van der Waals surface area contributed by atoms with E-state index < -0.39 is 77.9 Å². The first kappa shape index (κ1) is 26.1. The van der Waals surface area contributed by atoms with E-state index in [1.165, 1.54) is 0 Å². The molecule has 0 aromatic heterocycles. The van der Waals surface area contributed by atoms with Crippen LogP contribution in [-0.4, -0.2) is 71.9 Å². The highest BCUT2D eigenvalue weighted by Crippen LogP contribution is 2.63. The van der Waals surface area contributed by atoms with Crippen LogP contribution in [0, 0.1) is 17.8 Å². The van der Waals surface area contributed by atoms with Gasteiger partial charge in [-0.1, -0.05) is 6.58 Å². The molecule has 4 N–H and O–H groups in total. The second kappa shape index (κ2) is 10.2. The van der Waals surface area contributed by atoms with Gasteiger partial charge in [-0.25, -0.2) is 9.59 Å². The highest BCUT2D eigenvalue weighted by molar-refractivity contribution is 5.94. The fourth-order valence-corrected chi connectivity index (χ4v) is 4.18. The molecule has 2 aliphatic carbocycles. The van der Waals surface area contributed by atoms with Crippen LogP contribution in [-0.2, 0) is 33.4 Å². The van der Waals surface area contributed by atoms with Gasteiger partial charge in [-0.15, -0.1) is 0 Å². The third-order valence-corrected chi connectivity index (χ3v) is 5.33. The van der Waals surface area contributed by atoms with Crippen molar-refractivity contribution in [1.29, 1.82) is 0 Å². The zero-order chi connectivity index (χ0) is 25.0. The van der Waals surface area contributed by atoms with Gasteiger partial charge < -0.3 is 35.3 Å². The number of nitrogens with one attached hydrogen (secondary N) is 3. The molecule has 0 spiro atoms. The molecule has 0 bridgehead atoms. The number of aliphatic hydroxyl groups excluding tert-OH is 1. The number of amides is 3. The quantitative estimate of drug-likeness (QED) is 0.199. The number of aliphatic hydroxyl groups is 1. The number of ether oxygens (including phenoxy) is 3. The summed E-state index contributed by atoms with van der Waals surface area (Å²) < 4.78 is 14.9. The van der Waals surface area contributed by atoms with Crippen LogP contribution in [0.4, 0.5) is 4.79 Å². The molecule has 12 nitrogen and oxygen atoms in total. The van der Waals surface area contributed by atoms with E-state index in [2.05, 4.69) is 22.5 Å². The van der Waals surface area contributed by atoms with E-state index in [0.717, 1.165) is 6.26 Å². The topological polar surface area (TPSA) is 169 Å². The summed E-state index contributed by atoms with van der Waals surface area (Å²) in [5, 5.41) is 17.5. The summed E-state index contributed by atoms with van der Waals surface area (Å²) in [6.07, 6.45) is -1.01. The van der Waals surface area contributed by atoms with Gasteiger partial charge in [0.2, 0.25) is 11.8 Å². The number of fused-ring (bicyclic) bond motifs is 1. The lowest BCUT2D eigenvalue weighted by Crippen LogP contribution is -2.59. The molecule has 5 atom stereocenters. The molecule has 0 unspecified atom stereocenters. The zero-order valence-electron chi connectivity index (χ0n) is 19.1. The summed E-state index contributed by atoms with van der Waals surface area (Å²) in [4.78, 5) is 61.1. The van der Waals surface area contributed by atoms with E-state index in [0.29, 0.717) is 0 Å². The lowest BCUT2D eigenvalue weighted by molar-refractivity contribution is -0.156. The normalized spacial score (nSPS) is 27.4. The number of carbonyl (C=O) groups is 5. The van der Waals surface area contributed by atoms with Crippen molar-refractivity contribution in [1.82, 2.24) is 16.0 Å². The second-order valence-corrected chi connectivity index (χ2v) is 8.88. The molecule has 186 valence electrons. The lowest BCUT2D eigenvalue weighted by atomic mass is 9.89. The Balaban J connectivity index is 0.00000578. The fourth-order valence-electron chi connectivity index (χ4n) is 4.18. The molecule has 2 rings (SSSR count). The van der Waals surface area contributed by atoms with E-state index in [1.54, 1.807) is 27.7 Å². The van der Waals surface area contributed by atoms with Crippen LogP contribution in [0.2, 0.25) is 0 Å². The molecule has 0 aliphatic heterocycles. The molecule has 0 aromatic rings. The molecule has 2 fully saturated rings. The van der Waals surface area contributed by atoms with Crippen molar-refractivity contribution in [2.24, 2.45) is 17.8 Å². The van der Waals surface area contributed by atoms with Crippen LogP contribution < -0.4 is 16.0 Å². The molecule has 0 radical (unpaired) electrons. The molecular weight excluding hydrogens is 438 g/mol. The maximum Gasteiger partial charge on any atom is 0.408 e. The smallest absolute Gasteiger partial charge is 0.408 e. The van der Waals surface area contributed by atoms with E-state index >= 15 is 0 Å². The van der Waals surface area contributed by atoms with Crippen LogP contribution in [0.1, 0.15) is 35.5 Å². The van der Waals surface area contributed by atoms with Gasteiger partial charge in [0.15, 0.2) is 0 Å². The molecule has 12 heteroatoms. The Kier molecular flexibility index (Phi) is 8.06. The molecule has 2 saturated carbocycles. The van der Waals surface area contributed by atoms with Crippen molar-refractivity contribution < 1.29 is 44.7 Å². The summed E-state index contributed by atoms with van der Waals surface area (Å²) in [5.74, 6) is -4.93. The Hall–Kier alpha value is -3.15. The SMILES string of the molecule is C=COC(=O)[C@H]1[C@H]2[C@@H]1[C@@](NC(=O)CNC(=O)CNC(=O)OC(C)(C)C)(C(=O)OCC)C[C@@H]2O.[HH]. The molecular formula is C21H33N3O9. The van der Waals surface area contributed by atoms with E-state index in [1.807, 2.05) is 0 Å². The first-order valence-corrected chi connectivity index (χ1v) is 10.6. The summed E-state index contributed by atoms with van der Waals surface area (Å²) in [6, 6.07) is 0. The summed E-state index contributed by atoms with van der Waals surface area (Å²) in [7, 11) is 0. The Bertz CT molecular complexity index is 829. The number of rotatable bonds is 9. The average molecular weight is 472 g/mol. The molecule has 2 aliphatic rings. The van der Waals surface area contributed by atoms with Crippen LogP contribution >= 0.6 is 0 Å². The van der Waals surface area contributed by atoms with E-state index in [9.17, 15) is 29.1 Å². The number of hydrogen-bond donors (Lipinski definition) is 4. The Morgan fingerprint density at radius 1 is 1.15 bits per heavy atom. The van der Waals surface area contributed by atoms with Gasteiger partial charge in [-0.2, -0.15) is 0 Å². The van der Waals surface area contributed by atoms with E-state index in [4.69, 9.17) is 14.2 Å². The largest absolute Gasteiger partial charge is 0.464 e. The molecule has 33 heavy (non-hydrogen) atoms. The first-order valence-electron chi connectivity index (χ1n) is 10.6. The maximum atomic E-state index is 12.8. The van der Waals surface area contributed by atoms with E-state index in [-0.39, 0.29) is 14.5 Å². The summed E-state index contributed by atoms with van der Waals surface area (Å²) in [5.41, 5.74) is -2.37. The Labute approximate surface area is 192 Å². The third-order valence-electron chi connectivity index (χ3n) is 5.33. The van der Waals surface area contributed by atoms with Crippen LogP contribution in [0.15, 0.2) is 12.8 Å². The second-order valence-electron chi connectivity index (χ2n) is 8.88. The zero-order valence-corrected chi connectivity index (χ0v) is 19.1. The predicted octanol–water partition coefficient (Wildman–Crippen LogP) is -0.395. The van der Waals surface area contributed by atoms with Gasteiger partial charge in [0.25, 0.3) is 0 Å². The summed E-state index contributed by atoms with van der Waals surface area (Å²) in [6.45, 7) is 9.00. The Morgan fingerprint density at radius 2 is 1.79 bits per heavy atom. The van der Waals surface area contributed by atoms with Gasteiger partial charge in [0, 0.05) is 19.7 Å². The number of alkyl carbamates (subject to hydrolysis) is 1. The van der Waals surface area contributed by atoms with Gasteiger partial charge in [0.05, 0.1) is 31.4 Å². The highest BCUT2D eigenvalue weighted by Gasteiger charge is 2.76. The average Bonchev–Trinajstić information content (AvgIpc) is 3.39. The van der Waals surface area contributed by atoms with Crippen LogP contribution in [0.25, 0.3) is 0 Å². The molecule has 0 heterocycles. The van der Waals surface area contributed by atoms with Crippen LogP contribution in [0.3, 0.4) is 0 Å². The third kappa shape index (κ3) is 6.21. The number of hydrogen-bond acceptors (Lipinski definition) is 9. The standard InChI is InChI=1S/C21H31N3O9.H2/c1-6-31-17(28)15-14-11(25)8-21(16(14)15,18(29)32-7-2)24-13(27)10-22-12(26)9-23-19(30)33-20(3,4)5;/h6,11,14-16,25H,1,7-10H2,2-5H3,(H,22,26)(H,23,30)(H,24,27);1H/t11-,14-,15-,16-,21+;/m0./s1. The van der Waals surface area contributed by atoms with Crippen molar-refractivity contribution in [2.45, 2.75) is 51.4 Å². The van der Waals surface area contributed by atoms with Gasteiger partial charge in [0.1, 0.15) is 17.7 Å².